The van der Waals surface area contributed by atoms with E-state index in [9.17, 15) is 54.9 Å². The number of carbonyl (C=O) groups excluding carboxylic acids is 7. The zero-order valence-corrected chi connectivity index (χ0v) is 45.9. The molecule has 25 nitrogen and oxygen atoms in total. The molecule has 440 valence electrons. The third-order valence-electron chi connectivity index (χ3n) is 14.7. The molecule has 6 aliphatic heterocycles. The highest BCUT2D eigenvalue weighted by Gasteiger charge is 2.41. The van der Waals surface area contributed by atoms with E-state index >= 15 is 14.4 Å². The van der Waals surface area contributed by atoms with Crippen LogP contribution in [0.3, 0.4) is 0 Å². The predicted octanol–water partition coefficient (Wildman–Crippen LogP) is 4.65. The van der Waals surface area contributed by atoms with Crippen LogP contribution in [0.2, 0.25) is 10.0 Å². The number of halogens is 2. The van der Waals surface area contributed by atoms with Crippen LogP contribution < -0.4 is 57.2 Å². The number of fused-ring (bicyclic) bond motifs is 14. The Kier molecular flexibility index (Phi) is 15.1. The van der Waals surface area contributed by atoms with Crippen molar-refractivity contribution in [3.63, 3.8) is 0 Å². The molecular formula is C59H48Cl2N8O17. The lowest BCUT2D eigenvalue weighted by molar-refractivity contribution is -0.137. The van der Waals surface area contributed by atoms with Crippen molar-refractivity contribution < 1.29 is 83.5 Å². The third kappa shape index (κ3) is 11.0. The summed E-state index contributed by atoms with van der Waals surface area (Å²) in [5.74, 6) is -13.5. The number of amides is 7. The first-order chi connectivity index (χ1) is 41.0. The monoisotopic (exact) mass is 1210 g/mol. The number of aliphatic hydroxyl groups is 1. The number of aliphatic hydroxyl groups excluding tert-OH is 1. The van der Waals surface area contributed by atoms with Gasteiger partial charge < -0.3 is 92.9 Å². The Hall–Kier alpha value is -10.5. The zero-order valence-electron chi connectivity index (χ0n) is 44.3. The first-order valence-corrected chi connectivity index (χ1v) is 26.8. The Morgan fingerprint density at radius 2 is 1.10 bits per heavy atom. The normalized spacial score (nSPS) is 21.9. The molecule has 7 amide bonds. The molecule has 8 atom stereocenters. The lowest BCUT2D eigenvalue weighted by atomic mass is 9.89. The van der Waals surface area contributed by atoms with E-state index in [1.165, 1.54) is 67.7 Å². The average Bonchev–Trinajstić information content (AvgIpc) is 2.09. The van der Waals surface area contributed by atoms with Gasteiger partial charge in [0.25, 0.3) is 0 Å². The van der Waals surface area contributed by atoms with E-state index in [1.54, 1.807) is 0 Å². The third-order valence-corrected chi connectivity index (χ3v) is 15.3. The van der Waals surface area contributed by atoms with Crippen molar-refractivity contribution in [1.82, 2.24) is 37.2 Å². The number of nitrogens with two attached hydrogens (primary N) is 1. The molecular weight excluding hydrogens is 1160 g/mol. The second kappa shape index (κ2) is 22.6. The number of phenols is 6. The zero-order chi connectivity index (χ0) is 61.2. The fourth-order valence-electron chi connectivity index (χ4n) is 10.4. The van der Waals surface area contributed by atoms with Crippen LogP contribution in [0, 0.1) is 0 Å². The Morgan fingerprint density at radius 1 is 0.523 bits per heavy atom. The van der Waals surface area contributed by atoms with Crippen molar-refractivity contribution in [2.24, 2.45) is 5.73 Å². The number of aromatic hydroxyl groups is 6. The topological polar surface area (TPSA) is 399 Å². The number of phenolic OH excluding ortho intramolecular Hbond substituents is 6. The number of nitrogens with one attached hydrogen (secondary N) is 7. The van der Waals surface area contributed by atoms with Gasteiger partial charge in [-0.2, -0.15) is 0 Å². The summed E-state index contributed by atoms with van der Waals surface area (Å²) in [6.45, 7) is 0. The number of benzene rings is 7. The number of hydrogen-bond acceptors (Lipinski definition) is 18. The van der Waals surface area contributed by atoms with Gasteiger partial charge in [0.1, 0.15) is 88.6 Å². The fourth-order valence-corrected chi connectivity index (χ4v) is 10.9. The minimum absolute atomic E-state index is 0.118. The standard InChI is InChI=1S/C59H48Cl2N8O17/c1-63-55(79)49-32-20-29(71)21-38(74)44(32)31-14-24(4-6-36(31)72)46-56(80)69-50(59(83)68-49)51(75)25-5-9-40(34(61)15-25)86-43-18-27-17-42(52(43)76)85-39-8-2-22(10-33(39)60)11-35-53(77)65-47(57(81)67-48(27)58(82)66-46)26-12-28(70)19-30(13-26)84-41-16-23(3-7-37(41)73)45(62)54(78)64-35/h2-10,12-21,35,45-51,70-76H,11,62H2,1H3,(H,63,79)(H,64,78)(H,65,77)(H,66,82)(H,67,81)(H,68,83)(H,69,80)/t35-,45-,46-,47+,48-,49+,50+,51-/m1/s1. The van der Waals surface area contributed by atoms with Gasteiger partial charge in [-0.25, -0.2) is 0 Å². The molecule has 7 aromatic carbocycles. The van der Waals surface area contributed by atoms with Crippen LogP contribution in [-0.4, -0.2) is 96.2 Å². The maximum atomic E-state index is 15.7. The van der Waals surface area contributed by atoms with E-state index in [4.69, 9.17) is 43.1 Å². The number of ether oxygens (including phenoxy) is 3. The summed E-state index contributed by atoms with van der Waals surface area (Å²) in [6.07, 6.45) is -2.40. The largest absolute Gasteiger partial charge is 0.508 e. The Labute approximate surface area is 495 Å². The molecule has 0 saturated carbocycles. The minimum Gasteiger partial charge on any atom is -0.508 e. The first-order valence-electron chi connectivity index (χ1n) is 26.0. The molecule has 16 N–H and O–H groups in total. The van der Waals surface area contributed by atoms with Crippen molar-refractivity contribution in [3.05, 3.63) is 164 Å². The van der Waals surface area contributed by atoms with Gasteiger partial charge in [0.15, 0.2) is 23.0 Å². The van der Waals surface area contributed by atoms with Crippen molar-refractivity contribution in [1.29, 1.82) is 0 Å². The molecule has 7 aromatic rings. The summed E-state index contributed by atoms with van der Waals surface area (Å²) in [6, 6.07) is 9.29. The summed E-state index contributed by atoms with van der Waals surface area (Å²) in [5.41, 5.74) is 5.00. The molecule has 0 radical (unpaired) electrons. The van der Waals surface area contributed by atoms with Crippen molar-refractivity contribution in [3.8, 4) is 80.1 Å². The van der Waals surface area contributed by atoms with Crippen LogP contribution in [-0.2, 0) is 40.0 Å². The maximum absolute atomic E-state index is 15.7. The fraction of sp³-hybridized carbons (Fsp3) is 0.169. The van der Waals surface area contributed by atoms with Gasteiger partial charge >= 0.3 is 0 Å². The molecule has 17 bridgehead atoms. The lowest BCUT2D eigenvalue weighted by Crippen LogP contribution is -2.55. The van der Waals surface area contributed by atoms with Gasteiger partial charge in [-0.3, -0.25) is 33.6 Å². The van der Waals surface area contributed by atoms with E-state index in [0.29, 0.717) is 5.56 Å². The number of likely N-dealkylation sites (N-methyl/N-ethyl adjacent to an activating group) is 1. The molecule has 13 rings (SSSR count). The molecule has 0 saturated heterocycles. The van der Waals surface area contributed by atoms with E-state index in [0.717, 1.165) is 54.6 Å². The van der Waals surface area contributed by atoms with Gasteiger partial charge in [0, 0.05) is 36.7 Å². The van der Waals surface area contributed by atoms with E-state index in [1.807, 2.05) is 0 Å². The summed E-state index contributed by atoms with van der Waals surface area (Å²) in [4.78, 5) is 104. The van der Waals surface area contributed by atoms with Gasteiger partial charge in [0.05, 0.1) is 10.0 Å². The summed E-state index contributed by atoms with van der Waals surface area (Å²) in [7, 11) is 1.22. The predicted molar refractivity (Wildman–Crippen MR) is 301 cm³/mol. The average molecular weight is 1210 g/mol. The molecule has 86 heavy (non-hydrogen) atoms. The highest BCUT2D eigenvalue weighted by Crippen LogP contribution is 2.48. The van der Waals surface area contributed by atoms with E-state index in [-0.39, 0.29) is 84.0 Å². The van der Waals surface area contributed by atoms with Gasteiger partial charge in [-0.15, -0.1) is 0 Å². The summed E-state index contributed by atoms with van der Waals surface area (Å²) in [5, 5.41) is 97.6. The van der Waals surface area contributed by atoms with Crippen LogP contribution in [0.15, 0.2) is 115 Å². The second-order valence-corrected chi connectivity index (χ2v) is 21.2. The van der Waals surface area contributed by atoms with Gasteiger partial charge in [-0.05, 0) is 118 Å². The molecule has 0 aliphatic carbocycles. The molecule has 0 aromatic heterocycles. The van der Waals surface area contributed by atoms with Crippen LogP contribution in [0.25, 0.3) is 11.1 Å². The first kappa shape index (κ1) is 57.4. The number of hydrogen-bond donors (Lipinski definition) is 15. The highest BCUT2D eigenvalue weighted by molar-refractivity contribution is 6.32. The van der Waals surface area contributed by atoms with Crippen LogP contribution in [0.5, 0.6) is 69.0 Å². The van der Waals surface area contributed by atoms with Gasteiger partial charge in [0.2, 0.25) is 47.1 Å². The smallest absolute Gasteiger partial charge is 0.248 e. The molecule has 0 unspecified atom stereocenters. The Balaban J connectivity index is 1.14. The van der Waals surface area contributed by atoms with Crippen LogP contribution in [0.1, 0.15) is 75.3 Å². The lowest BCUT2D eigenvalue weighted by Gasteiger charge is -2.31. The van der Waals surface area contributed by atoms with E-state index in [2.05, 4.69) is 37.2 Å². The quantitative estimate of drug-likeness (QED) is 0.106. The summed E-state index contributed by atoms with van der Waals surface area (Å²) >= 11 is 13.7. The minimum atomic E-state index is -2.15. The molecule has 0 fully saturated rings. The Bertz CT molecular complexity index is 4050. The molecule has 6 aliphatic rings. The number of rotatable bonds is 1. The summed E-state index contributed by atoms with van der Waals surface area (Å²) < 4.78 is 18.5. The van der Waals surface area contributed by atoms with Crippen LogP contribution in [0.4, 0.5) is 0 Å². The number of carbonyl (C=O) groups is 7. The van der Waals surface area contributed by atoms with Crippen molar-refractivity contribution in [2.75, 3.05) is 7.05 Å². The maximum Gasteiger partial charge on any atom is 0.248 e. The van der Waals surface area contributed by atoms with Crippen LogP contribution >= 0.6 is 23.2 Å². The highest BCUT2D eigenvalue weighted by atomic mass is 35.5. The SMILES string of the molecule is CNC(=O)[C@H]1NC(=O)[C@H]2NC(=O)[C@H](NC(=O)[C@@H]3NC(=O)[C@H]4NC(=O)[C@@H](Cc5ccc(c(Cl)c5)Oc5cc3cc(c5O)Oc3ccc(cc3Cl)[C@H]2O)NC(=O)[C@H](N)c2ccc(O)c(c2)Oc2cc(O)cc4c2)c2ccc(O)c(c2)-c2c(O)cc(O)cc21. The molecule has 27 heteroatoms. The van der Waals surface area contributed by atoms with Crippen molar-refractivity contribution >= 4 is 64.6 Å². The second-order valence-electron chi connectivity index (χ2n) is 20.4. The molecule has 6 heterocycles. The van der Waals surface area contributed by atoms with Crippen molar-refractivity contribution in [2.45, 2.75) is 54.8 Å². The van der Waals surface area contributed by atoms with E-state index < -0.39 is 136 Å². The van der Waals surface area contributed by atoms with Gasteiger partial charge in [-0.1, -0.05) is 47.5 Å². The molecule has 0 spiro atoms. The Morgan fingerprint density at radius 3 is 1.78 bits per heavy atom.